The summed E-state index contributed by atoms with van der Waals surface area (Å²) >= 11 is 0. The predicted molar refractivity (Wildman–Crippen MR) is 64.0 cm³/mol. The third-order valence-electron chi connectivity index (χ3n) is 2.70. The first-order valence-electron chi connectivity index (χ1n) is 5.58. The molecule has 2 N–H and O–H groups in total. The van der Waals surface area contributed by atoms with E-state index in [0.717, 1.165) is 12.0 Å². The van der Waals surface area contributed by atoms with Crippen LogP contribution in [0.4, 0.5) is 0 Å². The Hall–Kier alpha value is -1.35. The molecule has 16 heavy (non-hydrogen) atoms. The molecular weight excluding hydrogens is 202 g/mol. The fourth-order valence-electron chi connectivity index (χ4n) is 1.54. The third kappa shape index (κ3) is 3.66. The number of hydrogen-bond acceptors (Lipinski definition) is 3. The van der Waals surface area contributed by atoms with Crippen LogP contribution in [0.15, 0.2) is 24.3 Å². The van der Waals surface area contributed by atoms with E-state index in [9.17, 15) is 4.79 Å². The Bertz CT molecular complexity index is 332. The Morgan fingerprint density at radius 1 is 1.38 bits per heavy atom. The van der Waals surface area contributed by atoms with Crippen molar-refractivity contribution in [3.05, 3.63) is 35.4 Å². The summed E-state index contributed by atoms with van der Waals surface area (Å²) in [5.74, 6) is -0.208. The Balaban J connectivity index is 2.52. The summed E-state index contributed by atoms with van der Waals surface area (Å²) in [6.07, 6.45) is 2.02. The molecule has 0 bridgehead atoms. The van der Waals surface area contributed by atoms with Crippen molar-refractivity contribution < 1.29 is 9.53 Å². The zero-order valence-electron chi connectivity index (χ0n) is 9.90. The van der Waals surface area contributed by atoms with E-state index in [0.29, 0.717) is 12.8 Å². The minimum Gasteiger partial charge on any atom is -0.469 e. The Labute approximate surface area is 96.6 Å². The summed E-state index contributed by atoms with van der Waals surface area (Å²) < 4.78 is 4.58. The van der Waals surface area contributed by atoms with Gasteiger partial charge in [-0.25, -0.2) is 0 Å². The maximum atomic E-state index is 11.0. The van der Waals surface area contributed by atoms with Gasteiger partial charge in [-0.1, -0.05) is 31.2 Å². The summed E-state index contributed by atoms with van der Waals surface area (Å²) in [5.41, 5.74) is 8.35. The molecule has 1 aromatic rings. The molecule has 0 aliphatic heterocycles. The molecule has 0 spiro atoms. The molecule has 0 aliphatic rings. The summed E-state index contributed by atoms with van der Waals surface area (Å²) in [4.78, 5) is 11.0. The number of carbonyl (C=O) groups excluding carboxylic acids is 1. The minimum absolute atomic E-state index is 0.0926. The first-order chi connectivity index (χ1) is 7.67. The number of aryl methyl sites for hydroxylation is 1. The average Bonchev–Trinajstić information content (AvgIpc) is 2.35. The number of rotatable bonds is 5. The topological polar surface area (TPSA) is 52.3 Å². The molecule has 1 atom stereocenters. The van der Waals surface area contributed by atoms with Crippen molar-refractivity contribution in [2.24, 2.45) is 5.73 Å². The molecule has 88 valence electrons. The van der Waals surface area contributed by atoms with E-state index in [1.165, 1.54) is 12.7 Å². The van der Waals surface area contributed by atoms with Crippen LogP contribution in [0.3, 0.4) is 0 Å². The quantitative estimate of drug-likeness (QED) is 0.775. The number of carbonyl (C=O) groups is 1. The normalized spacial score (nSPS) is 12.2. The third-order valence-corrected chi connectivity index (χ3v) is 2.70. The predicted octanol–water partition coefficient (Wildman–Crippen LogP) is 2.20. The molecule has 0 saturated carbocycles. The second-order valence-electron chi connectivity index (χ2n) is 3.82. The number of methoxy groups -OCH3 is 1. The molecule has 3 nitrogen and oxygen atoms in total. The molecule has 0 aromatic heterocycles. The molecule has 0 saturated heterocycles. The van der Waals surface area contributed by atoms with Crippen molar-refractivity contribution in [3.63, 3.8) is 0 Å². The summed E-state index contributed by atoms with van der Waals surface area (Å²) in [5, 5.41) is 0. The Kier molecular flexibility index (Phi) is 4.99. The zero-order chi connectivity index (χ0) is 12.0. The Morgan fingerprint density at radius 2 is 2.00 bits per heavy atom. The van der Waals surface area contributed by atoms with Gasteiger partial charge in [-0.3, -0.25) is 4.79 Å². The smallest absolute Gasteiger partial charge is 0.305 e. The second-order valence-corrected chi connectivity index (χ2v) is 3.82. The van der Waals surface area contributed by atoms with Gasteiger partial charge in [0.2, 0.25) is 0 Å². The second kappa shape index (κ2) is 6.28. The van der Waals surface area contributed by atoms with Crippen molar-refractivity contribution >= 4 is 5.97 Å². The molecule has 0 heterocycles. The highest BCUT2D eigenvalue weighted by molar-refractivity contribution is 5.69. The fraction of sp³-hybridized carbons (Fsp3) is 0.462. The standard InChI is InChI=1S/C13H19NO2/c1-3-10-4-6-11(7-5-10)12(14)8-9-13(15)16-2/h4-7,12H,3,8-9,14H2,1-2H3. The van der Waals surface area contributed by atoms with Gasteiger partial charge in [-0.05, 0) is 24.0 Å². The molecule has 0 fully saturated rings. The maximum absolute atomic E-state index is 11.0. The van der Waals surface area contributed by atoms with Crippen LogP contribution in [-0.2, 0) is 16.0 Å². The monoisotopic (exact) mass is 221 g/mol. The van der Waals surface area contributed by atoms with Gasteiger partial charge < -0.3 is 10.5 Å². The van der Waals surface area contributed by atoms with Crippen LogP contribution in [0.25, 0.3) is 0 Å². The first kappa shape index (κ1) is 12.7. The lowest BCUT2D eigenvalue weighted by Gasteiger charge is -2.11. The van der Waals surface area contributed by atoms with Crippen molar-refractivity contribution in [1.29, 1.82) is 0 Å². The van der Waals surface area contributed by atoms with Crippen LogP contribution in [0.2, 0.25) is 0 Å². The molecule has 0 aliphatic carbocycles. The molecule has 0 radical (unpaired) electrons. The van der Waals surface area contributed by atoms with Gasteiger partial charge in [0.1, 0.15) is 0 Å². The van der Waals surface area contributed by atoms with Gasteiger partial charge >= 0.3 is 5.97 Å². The lowest BCUT2D eigenvalue weighted by atomic mass is 10.0. The van der Waals surface area contributed by atoms with Crippen molar-refractivity contribution in [3.8, 4) is 0 Å². The van der Waals surface area contributed by atoms with E-state index < -0.39 is 0 Å². The first-order valence-corrected chi connectivity index (χ1v) is 5.58. The molecule has 3 heteroatoms. The van der Waals surface area contributed by atoms with Crippen LogP contribution in [0.1, 0.15) is 36.9 Å². The average molecular weight is 221 g/mol. The zero-order valence-corrected chi connectivity index (χ0v) is 9.90. The maximum Gasteiger partial charge on any atom is 0.305 e. The molecule has 1 aromatic carbocycles. The lowest BCUT2D eigenvalue weighted by Crippen LogP contribution is -2.13. The van der Waals surface area contributed by atoms with E-state index in [-0.39, 0.29) is 12.0 Å². The SMILES string of the molecule is CCc1ccc(C(N)CCC(=O)OC)cc1. The number of ether oxygens (including phenoxy) is 1. The van der Waals surface area contributed by atoms with E-state index in [1.54, 1.807) is 0 Å². The highest BCUT2D eigenvalue weighted by atomic mass is 16.5. The van der Waals surface area contributed by atoms with E-state index >= 15 is 0 Å². The van der Waals surface area contributed by atoms with E-state index in [4.69, 9.17) is 5.73 Å². The van der Waals surface area contributed by atoms with Gasteiger partial charge in [-0.2, -0.15) is 0 Å². The van der Waals surface area contributed by atoms with Crippen molar-refractivity contribution in [2.45, 2.75) is 32.2 Å². The summed E-state index contributed by atoms with van der Waals surface area (Å²) in [7, 11) is 1.39. The van der Waals surface area contributed by atoms with E-state index in [1.807, 2.05) is 12.1 Å². The lowest BCUT2D eigenvalue weighted by molar-refractivity contribution is -0.140. The molecule has 1 rings (SSSR count). The van der Waals surface area contributed by atoms with Gasteiger partial charge in [0, 0.05) is 12.5 Å². The van der Waals surface area contributed by atoms with Gasteiger partial charge in [0.05, 0.1) is 7.11 Å². The highest BCUT2D eigenvalue weighted by Gasteiger charge is 2.08. The number of hydrogen-bond donors (Lipinski definition) is 1. The van der Waals surface area contributed by atoms with Crippen molar-refractivity contribution in [1.82, 2.24) is 0 Å². The van der Waals surface area contributed by atoms with E-state index in [2.05, 4.69) is 23.8 Å². The molecular formula is C13H19NO2. The van der Waals surface area contributed by atoms with Crippen LogP contribution in [0, 0.1) is 0 Å². The Morgan fingerprint density at radius 3 is 2.50 bits per heavy atom. The van der Waals surface area contributed by atoms with Crippen LogP contribution >= 0.6 is 0 Å². The van der Waals surface area contributed by atoms with Crippen LogP contribution in [-0.4, -0.2) is 13.1 Å². The van der Waals surface area contributed by atoms with Gasteiger partial charge in [0.25, 0.3) is 0 Å². The molecule has 0 amide bonds. The fourth-order valence-corrected chi connectivity index (χ4v) is 1.54. The summed E-state index contributed by atoms with van der Waals surface area (Å²) in [6.45, 7) is 2.12. The summed E-state index contributed by atoms with van der Waals surface area (Å²) in [6, 6.07) is 8.12. The van der Waals surface area contributed by atoms with Crippen molar-refractivity contribution in [2.75, 3.05) is 7.11 Å². The number of esters is 1. The minimum atomic E-state index is -0.208. The number of benzene rings is 1. The van der Waals surface area contributed by atoms with Gasteiger partial charge in [-0.15, -0.1) is 0 Å². The molecule has 1 unspecified atom stereocenters. The van der Waals surface area contributed by atoms with Crippen LogP contribution < -0.4 is 5.73 Å². The van der Waals surface area contributed by atoms with Gasteiger partial charge in [0.15, 0.2) is 0 Å². The largest absolute Gasteiger partial charge is 0.469 e. The number of nitrogens with two attached hydrogens (primary N) is 1. The van der Waals surface area contributed by atoms with Crippen LogP contribution in [0.5, 0.6) is 0 Å². The highest BCUT2D eigenvalue weighted by Crippen LogP contribution is 2.16.